The molecule has 0 aliphatic carbocycles. The Kier molecular flexibility index (Phi) is 6.52. The fourth-order valence-corrected chi connectivity index (χ4v) is 6.52. The van der Waals surface area contributed by atoms with E-state index in [0.717, 1.165) is 32.6 Å². The van der Waals surface area contributed by atoms with Crippen molar-refractivity contribution >= 4 is 23.1 Å². The summed E-state index contributed by atoms with van der Waals surface area (Å²) in [6, 6.07) is 24.1. The Hall–Kier alpha value is -0.837. The van der Waals surface area contributed by atoms with E-state index in [2.05, 4.69) is 0 Å². The summed E-state index contributed by atoms with van der Waals surface area (Å²) in [5, 5.41) is 2.80. The molecule has 0 amide bonds. The molecular weight excluding hydrogens is 462 g/mol. The molecule has 0 unspecified atom stereocenters. The molecule has 0 N–H and O–H groups in total. The maximum atomic E-state index is 14.5. The van der Waals surface area contributed by atoms with E-state index >= 15 is 0 Å². The van der Waals surface area contributed by atoms with Crippen LogP contribution in [0.25, 0.3) is 0 Å². The Morgan fingerprint density at radius 1 is 0.542 bits per heavy atom. The van der Waals surface area contributed by atoms with Gasteiger partial charge < -0.3 is 4.57 Å². The Labute approximate surface area is 174 Å². The smallest absolute Gasteiger partial charge is 0.171 e. The van der Waals surface area contributed by atoms with Crippen LogP contribution in [0, 0.1) is 58.9 Å². The third-order valence-electron chi connectivity index (χ3n) is 4.36. The van der Waals surface area contributed by atoms with E-state index in [-0.39, 0.29) is 38.2 Å². The molecule has 0 aliphatic heterocycles. The summed E-state index contributed by atoms with van der Waals surface area (Å²) in [4.78, 5) is 0. The zero-order valence-corrected chi connectivity index (χ0v) is 17.0. The largest absolute Gasteiger partial charge is 0.309 e. The second kappa shape index (κ2) is 8.03. The standard InChI is InChI=1S/C21H21OP.Dy/c1-16-10-4-7-13-19(16)23(22,20-14-8-5-11-17(20)2)21-15-9-6-12-18(21)3;/h4-15H,1-3H3;. The molecule has 0 fully saturated rings. The Morgan fingerprint density at radius 2 is 0.792 bits per heavy atom. The third-order valence-corrected chi connectivity index (χ3v) is 7.90. The zero-order valence-electron chi connectivity index (χ0n) is 14.1. The molecule has 3 aromatic rings. The van der Waals surface area contributed by atoms with Gasteiger partial charge in [-0.2, -0.15) is 0 Å². The van der Waals surface area contributed by atoms with Gasteiger partial charge in [-0.1, -0.05) is 72.8 Å². The van der Waals surface area contributed by atoms with E-state index in [1.807, 2.05) is 93.6 Å². The van der Waals surface area contributed by atoms with Crippen LogP contribution < -0.4 is 15.9 Å². The maximum absolute atomic E-state index is 14.5. The van der Waals surface area contributed by atoms with Crippen molar-refractivity contribution in [2.24, 2.45) is 0 Å². The topological polar surface area (TPSA) is 17.1 Å². The van der Waals surface area contributed by atoms with Crippen LogP contribution in [0.4, 0.5) is 0 Å². The average Bonchev–Trinajstić information content (AvgIpc) is 2.55. The molecule has 126 valence electrons. The molecule has 24 heavy (non-hydrogen) atoms. The number of aryl methyl sites for hydroxylation is 3. The van der Waals surface area contributed by atoms with Gasteiger partial charge in [0.1, 0.15) is 0 Å². The molecule has 0 bridgehead atoms. The molecule has 3 rings (SSSR count). The number of hydrogen-bond donors (Lipinski definition) is 0. The van der Waals surface area contributed by atoms with Gasteiger partial charge in [0.2, 0.25) is 0 Å². The number of hydrogen-bond acceptors (Lipinski definition) is 1. The Morgan fingerprint density at radius 3 is 1.04 bits per heavy atom. The normalized spacial score (nSPS) is 11.0. The predicted octanol–water partition coefficient (Wildman–Crippen LogP) is 4.25. The van der Waals surface area contributed by atoms with Crippen molar-refractivity contribution in [3.05, 3.63) is 89.5 Å². The van der Waals surface area contributed by atoms with Crippen LogP contribution >= 0.6 is 7.14 Å². The van der Waals surface area contributed by atoms with Gasteiger partial charge in [0.25, 0.3) is 0 Å². The van der Waals surface area contributed by atoms with Crippen LogP contribution in [-0.2, 0) is 4.57 Å². The first-order valence-electron chi connectivity index (χ1n) is 7.84. The molecule has 0 heterocycles. The van der Waals surface area contributed by atoms with E-state index in [0.29, 0.717) is 0 Å². The van der Waals surface area contributed by atoms with Crippen LogP contribution in [0.1, 0.15) is 16.7 Å². The summed E-state index contributed by atoms with van der Waals surface area (Å²) in [7, 11) is -2.89. The van der Waals surface area contributed by atoms with Crippen molar-refractivity contribution in [3.63, 3.8) is 0 Å². The molecule has 3 aromatic carbocycles. The molecule has 0 aliphatic rings. The first-order chi connectivity index (χ1) is 11.0. The minimum atomic E-state index is -2.89. The minimum absolute atomic E-state index is 0. The van der Waals surface area contributed by atoms with E-state index in [9.17, 15) is 4.57 Å². The molecule has 0 radical (unpaired) electrons. The molecule has 0 aromatic heterocycles. The van der Waals surface area contributed by atoms with Crippen molar-refractivity contribution in [2.45, 2.75) is 20.8 Å². The summed E-state index contributed by atoms with van der Waals surface area (Å²) in [6.07, 6.45) is 0. The van der Waals surface area contributed by atoms with E-state index in [4.69, 9.17) is 0 Å². The summed E-state index contributed by atoms with van der Waals surface area (Å²) < 4.78 is 14.5. The first-order valence-corrected chi connectivity index (χ1v) is 9.54. The molecule has 3 heteroatoms. The molecule has 0 saturated carbocycles. The van der Waals surface area contributed by atoms with Crippen LogP contribution in [-0.4, -0.2) is 0 Å². The predicted molar refractivity (Wildman–Crippen MR) is 100 cm³/mol. The monoisotopic (exact) mass is 484 g/mol. The van der Waals surface area contributed by atoms with Gasteiger partial charge in [-0.25, -0.2) is 0 Å². The van der Waals surface area contributed by atoms with Crippen molar-refractivity contribution in [1.82, 2.24) is 0 Å². The summed E-state index contributed by atoms with van der Waals surface area (Å²) in [5.41, 5.74) is 3.21. The minimum Gasteiger partial charge on any atom is -0.309 e. The van der Waals surface area contributed by atoms with Crippen LogP contribution in [0.15, 0.2) is 72.8 Å². The quantitative estimate of drug-likeness (QED) is 0.510. The van der Waals surface area contributed by atoms with Gasteiger partial charge in [-0.15, -0.1) is 0 Å². The van der Waals surface area contributed by atoms with E-state index in [1.54, 1.807) is 0 Å². The fraction of sp³-hybridized carbons (Fsp3) is 0.143. The van der Waals surface area contributed by atoms with Gasteiger partial charge in [0, 0.05) is 54.1 Å². The molecule has 1 nitrogen and oxygen atoms in total. The van der Waals surface area contributed by atoms with Gasteiger partial charge in [0.15, 0.2) is 7.14 Å². The Bertz CT molecular complexity index is 784. The van der Waals surface area contributed by atoms with E-state index in [1.165, 1.54) is 0 Å². The maximum Gasteiger partial charge on any atom is 0.171 e. The summed E-state index contributed by atoms with van der Waals surface area (Å²) >= 11 is 0. The van der Waals surface area contributed by atoms with Gasteiger partial charge in [0.05, 0.1) is 0 Å². The van der Waals surface area contributed by atoms with Crippen molar-refractivity contribution < 1.29 is 42.7 Å². The average molecular weight is 483 g/mol. The molecular formula is C21H21DyOP. The van der Waals surface area contributed by atoms with Gasteiger partial charge in [-0.3, -0.25) is 0 Å². The fourth-order valence-electron chi connectivity index (χ4n) is 3.14. The summed E-state index contributed by atoms with van der Waals surface area (Å²) in [6.45, 7) is 6.12. The number of rotatable bonds is 3. The van der Waals surface area contributed by atoms with Crippen molar-refractivity contribution in [3.8, 4) is 0 Å². The van der Waals surface area contributed by atoms with Crippen LogP contribution in [0.2, 0.25) is 0 Å². The number of benzene rings is 3. The molecule has 0 atom stereocenters. The third kappa shape index (κ3) is 3.42. The SMILES string of the molecule is Cc1ccccc1P(=O)(c1ccccc1C)c1ccccc1C.[Dy]. The summed E-state index contributed by atoms with van der Waals surface area (Å²) in [5.74, 6) is 0. The first kappa shape index (κ1) is 19.5. The molecule has 0 saturated heterocycles. The Balaban J connectivity index is 0.00000208. The van der Waals surface area contributed by atoms with Crippen molar-refractivity contribution in [2.75, 3.05) is 0 Å². The van der Waals surface area contributed by atoms with E-state index < -0.39 is 7.14 Å². The second-order valence-electron chi connectivity index (χ2n) is 5.97. The van der Waals surface area contributed by atoms with Crippen LogP contribution in [0.3, 0.4) is 0 Å². The van der Waals surface area contributed by atoms with Gasteiger partial charge in [-0.05, 0) is 37.5 Å². The zero-order chi connectivity index (χ0) is 16.4. The van der Waals surface area contributed by atoms with Gasteiger partial charge >= 0.3 is 0 Å². The van der Waals surface area contributed by atoms with Crippen LogP contribution in [0.5, 0.6) is 0 Å². The van der Waals surface area contributed by atoms with Crippen molar-refractivity contribution in [1.29, 1.82) is 0 Å². The second-order valence-corrected chi connectivity index (χ2v) is 8.63. The molecule has 0 spiro atoms.